The standard InChI is InChI=1S/C5H7N3O2S/c1-4(9)11-8-5(10)2-3-6-7-8/h2-4,9H,1H3. The summed E-state index contributed by atoms with van der Waals surface area (Å²) in [5, 5.41) is 15.8. The van der Waals surface area contributed by atoms with Gasteiger partial charge in [0.05, 0.1) is 6.20 Å². The Morgan fingerprint density at radius 3 is 3.09 bits per heavy atom. The van der Waals surface area contributed by atoms with E-state index < -0.39 is 5.44 Å². The van der Waals surface area contributed by atoms with Gasteiger partial charge in [0.25, 0.3) is 5.56 Å². The highest BCUT2D eigenvalue weighted by Crippen LogP contribution is 2.03. The van der Waals surface area contributed by atoms with E-state index in [1.165, 1.54) is 12.3 Å². The average Bonchev–Trinajstić information content (AvgIpc) is 1.93. The minimum atomic E-state index is -0.663. The second kappa shape index (κ2) is 3.49. The van der Waals surface area contributed by atoms with Crippen LogP contribution in [0.1, 0.15) is 6.92 Å². The predicted octanol–water partition coefficient (Wildman–Crippen LogP) is -0.527. The van der Waals surface area contributed by atoms with E-state index >= 15 is 0 Å². The van der Waals surface area contributed by atoms with Crippen LogP contribution in [0.25, 0.3) is 0 Å². The Kier molecular flexibility index (Phi) is 2.61. The predicted molar refractivity (Wildman–Crippen MR) is 41.0 cm³/mol. The fraction of sp³-hybridized carbons (Fsp3) is 0.400. The van der Waals surface area contributed by atoms with E-state index in [4.69, 9.17) is 5.11 Å². The molecule has 0 saturated carbocycles. The van der Waals surface area contributed by atoms with E-state index in [0.717, 1.165) is 16.0 Å². The van der Waals surface area contributed by atoms with Crippen molar-refractivity contribution in [3.8, 4) is 0 Å². The third-order valence-corrected chi connectivity index (χ3v) is 1.62. The number of aromatic nitrogens is 3. The van der Waals surface area contributed by atoms with Crippen molar-refractivity contribution in [1.29, 1.82) is 0 Å². The number of nitrogens with zero attached hydrogens (tertiary/aromatic N) is 3. The zero-order valence-electron chi connectivity index (χ0n) is 5.84. The average molecular weight is 173 g/mol. The molecule has 0 amide bonds. The van der Waals surface area contributed by atoms with Gasteiger partial charge in [-0.15, -0.1) is 9.19 Å². The fourth-order valence-corrected chi connectivity index (χ4v) is 1.04. The van der Waals surface area contributed by atoms with Gasteiger partial charge in [-0.05, 0) is 6.92 Å². The molecular formula is C5H7N3O2S. The molecular weight excluding hydrogens is 166 g/mol. The molecule has 1 rings (SSSR count). The lowest BCUT2D eigenvalue weighted by molar-refractivity contribution is 0.282. The van der Waals surface area contributed by atoms with Gasteiger partial charge < -0.3 is 5.11 Å². The van der Waals surface area contributed by atoms with Gasteiger partial charge in [-0.25, -0.2) is 0 Å². The van der Waals surface area contributed by atoms with Gasteiger partial charge in [0, 0.05) is 18.0 Å². The topological polar surface area (TPSA) is 68.0 Å². The highest BCUT2D eigenvalue weighted by Gasteiger charge is 2.00. The van der Waals surface area contributed by atoms with Crippen LogP contribution in [0.2, 0.25) is 0 Å². The van der Waals surface area contributed by atoms with E-state index in [-0.39, 0.29) is 5.56 Å². The van der Waals surface area contributed by atoms with Crippen molar-refractivity contribution < 1.29 is 5.11 Å². The van der Waals surface area contributed by atoms with E-state index in [1.807, 2.05) is 0 Å². The summed E-state index contributed by atoms with van der Waals surface area (Å²) in [7, 11) is 0. The summed E-state index contributed by atoms with van der Waals surface area (Å²) in [6.45, 7) is 1.55. The van der Waals surface area contributed by atoms with E-state index in [9.17, 15) is 4.79 Å². The molecule has 1 heterocycles. The molecule has 1 unspecified atom stereocenters. The number of rotatable bonds is 2. The number of hydrogen-bond donors (Lipinski definition) is 1. The van der Waals surface area contributed by atoms with Gasteiger partial charge in [0.1, 0.15) is 5.44 Å². The largest absolute Gasteiger partial charge is 0.381 e. The fourth-order valence-electron chi connectivity index (χ4n) is 0.499. The minimum absolute atomic E-state index is 0.286. The van der Waals surface area contributed by atoms with Gasteiger partial charge >= 0.3 is 0 Å². The summed E-state index contributed by atoms with van der Waals surface area (Å²) in [4.78, 5) is 10.9. The van der Waals surface area contributed by atoms with E-state index in [2.05, 4.69) is 10.3 Å². The molecule has 6 heteroatoms. The summed E-state index contributed by atoms with van der Waals surface area (Å²) < 4.78 is 1.03. The van der Waals surface area contributed by atoms with Crippen LogP contribution >= 0.6 is 11.9 Å². The third kappa shape index (κ3) is 2.32. The van der Waals surface area contributed by atoms with Crippen molar-refractivity contribution in [2.24, 2.45) is 0 Å². The summed E-state index contributed by atoms with van der Waals surface area (Å²) in [5.74, 6) is 0. The maximum absolute atomic E-state index is 10.9. The molecule has 60 valence electrons. The Bertz CT molecular complexity index is 285. The Morgan fingerprint density at radius 1 is 1.82 bits per heavy atom. The van der Waals surface area contributed by atoms with Gasteiger partial charge in [0.2, 0.25) is 0 Å². The number of aliphatic hydroxyl groups excluding tert-OH is 1. The Hall–Kier alpha value is -0.880. The van der Waals surface area contributed by atoms with Crippen molar-refractivity contribution in [2.45, 2.75) is 12.4 Å². The van der Waals surface area contributed by atoms with Crippen molar-refractivity contribution in [3.63, 3.8) is 0 Å². The van der Waals surface area contributed by atoms with Crippen LogP contribution in [0, 0.1) is 0 Å². The van der Waals surface area contributed by atoms with Crippen LogP contribution in [0.5, 0.6) is 0 Å². The molecule has 0 aliphatic carbocycles. The molecule has 0 aromatic carbocycles. The molecule has 11 heavy (non-hydrogen) atoms. The number of aliphatic hydroxyl groups is 1. The zero-order chi connectivity index (χ0) is 8.27. The maximum atomic E-state index is 10.9. The molecule has 0 fully saturated rings. The molecule has 1 N–H and O–H groups in total. The Morgan fingerprint density at radius 2 is 2.55 bits per heavy atom. The summed E-state index contributed by atoms with van der Waals surface area (Å²) in [6.07, 6.45) is 1.31. The summed E-state index contributed by atoms with van der Waals surface area (Å²) in [5.41, 5.74) is -0.949. The van der Waals surface area contributed by atoms with Crippen LogP contribution in [-0.2, 0) is 0 Å². The smallest absolute Gasteiger partial charge is 0.280 e. The molecule has 0 aliphatic heterocycles. The van der Waals surface area contributed by atoms with Crippen LogP contribution in [-0.4, -0.2) is 24.9 Å². The Balaban J connectivity index is 2.87. The lowest BCUT2D eigenvalue weighted by Crippen LogP contribution is -2.19. The van der Waals surface area contributed by atoms with E-state index in [1.54, 1.807) is 6.92 Å². The van der Waals surface area contributed by atoms with Gasteiger partial charge in [-0.1, -0.05) is 5.21 Å². The first-order valence-electron chi connectivity index (χ1n) is 2.96. The lowest BCUT2D eigenvalue weighted by atomic mass is 10.7. The van der Waals surface area contributed by atoms with Gasteiger partial charge in [0.15, 0.2) is 0 Å². The molecule has 1 aromatic rings. The van der Waals surface area contributed by atoms with Crippen molar-refractivity contribution >= 4 is 11.9 Å². The molecule has 1 atom stereocenters. The van der Waals surface area contributed by atoms with Crippen LogP contribution in [0.15, 0.2) is 17.1 Å². The zero-order valence-corrected chi connectivity index (χ0v) is 6.65. The second-order valence-electron chi connectivity index (χ2n) is 1.84. The van der Waals surface area contributed by atoms with Crippen LogP contribution in [0.3, 0.4) is 0 Å². The van der Waals surface area contributed by atoms with Crippen molar-refractivity contribution in [3.05, 3.63) is 22.6 Å². The third-order valence-electron chi connectivity index (χ3n) is 0.858. The SMILES string of the molecule is CC(O)Sn1nnccc1=O. The normalized spacial score (nSPS) is 12.9. The summed E-state index contributed by atoms with van der Waals surface area (Å²) >= 11 is 0.911. The molecule has 5 nitrogen and oxygen atoms in total. The van der Waals surface area contributed by atoms with Gasteiger partial charge in [-0.2, -0.15) is 0 Å². The van der Waals surface area contributed by atoms with Gasteiger partial charge in [-0.3, -0.25) is 4.79 Å². The van der Waals surface area contributed by atoms with Crippen LogP contribution in [0.4, 0.5) is 0 Å². The summed E-state index contributed by atoms with van der Waals surface area (Å²) in [6, 6.07) is 1.28. The minimum Gasteiger partial charge on any atom is -0.381 e. The van der Waals surface area contributed by atoms with Crippen LogP contribution < -0.4 is 5.56 Å². The maximum Gasteiger partial charge on any atom is 0.280 e. The first-order valence-corrected chi connectivity index (χ1v) is 3.80. The molecule has 0 radical (unpaired) electrons. The quantitative estimate of drug-likeness (QED) is 0.609. The van der Waals surface area contributed by atoms with Crippen molar-refractivity contribution in [2.75, 3.05) is 0 Å². The lowest BCUT2D eigenvalue weighted by Gasteiger charge is -2.01. The first-order chi connectivity index (χ1) is 5.20. The molecule has 0 bridgehead atoms. The van der Waals surface area contributed by atoms with E-state index in [0.29, 0.717) is 0 Å². The number of hydrogen-bond acceptors (Lipinski definition) is 5. The first kappa shape index (κ1) is 8.22. The molecule has 0 spiro atoms. The van der Waals surface area contributed by atoms with Crippen molar-refractivity contribution in [1.82, 2.24) is 14.4 Å². The highest BCUT2D eigenvalue weighted by atomic mass is 32.2. The molecule has 0 saturated heterocycles. The second-order valence-corrected chi connectivity index (χ2v) is 3.08. The monoisotopic (exact) mass is 173 g/mol. The molecule has 1 aromatic heterocycles. The highest BCUT2D eigenvalue weighted by molar-refractivity contribution is 7.98. The molecule has 0 aliphatic rings. The Labute approximate surface area is 67.2 Å².